The van der Waals surface area contributed by atoms with Crippen molar-refractivity contribution in [3.8, 4) is 5.69 Å². The molecule has 1 aliphatic carbocycles. The molecule has 1 aliphatic rings. The first kappa shape index (κ1) is 14.3. The van der Waals surface area contributed by atoms with Crippen molar-refractivity contribution in [1.82, 2.24) is 24.1 Å². The minimum absolute atomic E-state index is 0.236. The molecule has 1 saturated carbocycles. The predicted molar refractivity (Wildman–Crippen MR) is 90.1 cm³/mol. The Morgan fingerprint density at radius 1 is 1.26 bits per heavy atom. The van der Waals surface area contributed by atoms with Gasteiger partial charge in [0, 0.05) is 24.5 Å². The molecule has 1 fully saturated rings. The van der Waals surface area contributed by atoms with E-state index in [0.29, 0.717) is 5.92 Å². The van der Waals surface area contributed by atoms with Gasteiger partial charge in [-0.1, -0.05) is 12.1 Å². The summed E-state index contributed by atoms with van der Waals surface area (Å²) in [5, 5.41) is 5.13. The van der Waals surface area contributed by atoms with Gasteiger partial charge in [0.05, 0.1) is 11.7 Å². The molecule has 1 atom stereocenters. The van der Waals surface area contributed by atoms with Crippen LogP contribution in [0.3, 0.4) is 0 Å². The Morgan fingerprint density at radius 3 is 2.70 bits per heavy atom. The molecule has 2 heterocycles. The van der Waals surface area contributed by atoms with Gasteiger partial charge in [0.15, 0.2) is 0 Å². The van der Waals surface area contributed by atoms with Crippen molar-refractivity contribution in [2.75, 3.05) is 11.9 Å². The third kappa shape index (κ3) is 2.84. The van der Waals surface area contributed by atoms with Gasteiger partial charge in [0.2, 0.25) is 5.13 Å². The second kappa shape index (κ2) is 5.73. The molecule has 0 N–H and O–H groups in total. The SMILES string of the molecule is CC(c1ccc(-n2cncn2)cc1)N(C)c1nc(C2CC2)ns1. The van der Waals surface area contributed by atoms with Crippen molar-refractivity contribution in [2.45, 2.75) is 31.7 Å². The van der Waals surface area contributed by atoms with Gasteiger partial charge in [-0.3, -0.25) is 0 Å². The summed E-state index contributed by atoms with van der Waals surface area (Å²) in [7, 11) is 2.08. The van der Waals surface area contributed by atoms with Crippen LogP contribution in [0.15, 0.2) is 36.9 Å². The number of hydrogen-bond acceptors (Lipinski definition) is 6. The topological polar surface area (TPSA) is 59.7 Å². The number of nitrogens with zero attached hydrogens (tertiary/aromatic N) is 6. The lowest BCUT2D eigenvalue weighted by molar-refractivity contribution is 0.733. The van der Waals surface area contributed by atoms with Crippen LogP contribution < -0.4 is 4.90 Å². The first-order valence-corrected chi connectivity index (χ1v) is 8.51. The highest BCUT2D eigenvalue weighted by Gasteiger charge is 2.28. The van der Waals surface area contributed by atoms with Crippen LogP contribution in [0.1, 0.15) is 43.1 Å². The molecule has 0 radical (unpaired) electrons. The van der Waals surface area contributed by atoms with E-state index in [1.165, 1.54) is 36.3 Å². The van der Waals surface area contributed by atoms with Gasteiger partial charge in [-0.2, -0.15) is 9.47 Å². The lowest BCUT2D eigenvalue weighted by atomic mass is 10.1. The molecule has 1 unspecified atom stereocenters. The van der Waals surface area contributed by atoms with Gasteiger partial charge in [0.1, 0.15) is 18.5 Å². The lowest BCUT2D eigenvalue weighted by Crippen LogP contribution is -2.21. The molecule has 0 amide bonds. The van der Waals surface area contributed by atoms with E-state index in [1.54, 1.807) is 11.0 Å². The van der Waals surface area contributed by atoms with Gasteiger partial charge in [-0.25, -0.2) is 14.6 Å². The first-order valence-electron chi connectivity index (χ1n) is 7.74. The maximum atomic E-state index is 4.69. The number of benzene rings is 1. The van der Waals surface area contributed by atoms with Crippen LogP contribution in [0.5, 0.6) is 0 Å². The molecule has 3 aromatic rings. The summed E-state index contributed by atoms with van der Waals surface area (Å²) in [4.78, 5) is 10.9. The van der Waals surface area contributed by atoms with Crippen molar-refractivity contribution < 1.29 is 0 Å². The molecule has 23 heavy (non-hydrogen) atoms. The molecular weight excluding hydrogens is 308 g/mol. The number of aromatic nitrogens is 5. The average molecular weight is 326 g/mol. The largest absolute Gasteiger partial charge is 0.343 e. The fourth-order valence-corrected chi connectivity index (χ4v) is 3.30. The van der Waals surface area contributed by atoms with Gasteiger partial charge in [0.25, 0.3) is 0 Å². The van der Waals surface area contributed by atoms with E-state index in [4.69, 9.17) is 0 Å². The van der Waals surface area contributed by atoms with E-state index in [-0.39, 0.29) is 6.04 Å². The number of anilines is 1. The van der Waals surface area contributed by atoms with Gasteiger partial charge >= 0.3 is 0 Å². The Morgan fingerprint density at radius 2 is 2.04 bits per heavy atom. The maximum absolute atomic E-state index is 4.69. The summed E-state index contributed by atoms with van der Waals surface area (Å²) in [6.45, 7) is 2.18. The average Bonchev–Trinajstić information content (AvgIpc) is 3.10. The third-order valence-corrected chi connectivity index (χ3v) is 5.14. The fourth-order valence-electron chi connectivity index (χ4n) is 2.51. The monoisotopic (exact) mass is 326 g/mol. The van der Waals surface area contributed by atoms with E-state index >= 15 is 0 Å². The van der Waals surface area contributed by atoms with Crippen molar-refractivity contribution in [3.05, 3.63) is 48.3 Å². The second-order valence-corrected chi connectivity index (χ2v) is 6.66. The maximum Gasteiger partial charge on any atom is 0.205 e. The molecule has 4 rings (SSSR count). The Labute approximate surface area is 139 Å². The van der Waals surface area contributed by atoms with E-state index in [1.807, 2.05) is 0 Å². The molecule has 0 aliphatic heterocycles. The molecule has 6 nitrogen and oxygen atoms in total. The third-order valence-electron chi connectivity index (χ3n) is 4.31. The van der Waals surface area contributed by atoms with E-state index < -0.39 is 0 Å². The minimum atomic E-state index is 0.236. The Bertz CT molecular complexity index is 775. The summed E-state index contributed by atoms with van der Waals surface area (Å²) in [5.74, 6) is 1.62. The predicted octanol–water partition coefficient (Wildman–Crippen LogP) is 3.19. The number of hydrogen-bond donors (Lipinski definition) is 0. The second-order valence-electron chi connectivity index (χ2n) is 5.93. The molecule has 118 valence electrons. The highest BCUT2D eigenvalue weighted by molar-refractivity contribution is 7.09. The quantitative estimate of drug-likeness (QED) is 0.720. The van der Waals surface area contributed by atoms with Crippen molar-refractivity contribution >= 4 is 16.7 Å². The zero-order chi connectivity index (χ0) is 15.8. The Kier molecular flexibility index (Phi) is 3.57. The molecule has 2 aromatic heterocycles. The molecule has 0 bridgehead atoms. The van der Waals surface area contributed by atoms with Gasteiger partial charge < -0.3 is 4.90 Å². The number of rotatable bonds is 5. The van der Waals surface area contributed by atoms with Crippen LogP contribution >= 0.6 is 11.5 Å². The molecule has 0 spiro atoms. The smallest absolute Gasteiger partial charge is 0.205 e. The summed E-state index contributed by atoms with van der Waals surface area (Å²) in [6.07, 6.45) is 5.71. The Balaban J connectivity index is 1.51. The molecule has 1 aromatic carbocycles. The summed E-state index contributed by atoms with van der Waals surface area (Å²) in [5.41, 5.74) is 2.24. The Hall–Kier alpha value is -2.28. The van der Waals surface area contributed by atoms with Crippen LogP contribution in [-0.2, 0) is 0 Å². The van der Waals surface area contributed by atoms with Crippen LogP contribution in [0.4, 0.5) is 5.13 Å². The summed E-state index contributed by atoms with van der Waals surface area (Å²) in [6, 6.07) is 8.61. The summed E-state index contributed by atoms with van der Waals surface area (Å²) < 4.78 is 6.25. The minimum Gasteiger partial charge on any atom is -0.343 e. The van der Waals surface area contributed by atoms with Crippen molar-refractivity contribution in [3.63, 3.8) is 0 Å². The lowest BCUT2D eigenvalue weighted by Gasteiger charge is -2.24. The van der Waals surface area contributed by atoms with Crippen LogP contribution in [0, 0.1) is 0 Å². The summed E-state index contributed by atoms with van der Waals surface area (Å²) >= 11 is 1.49. The van der Waals surface area contributed by atoms with E-state index in [2.05, 4.69) is 62.6 Å². The first-order chi connectivity index (χ1) is 11.2. The highest BCUT2D eigenvalue weighted by Crippen LogP contribution is 2.40. The molecular formula is C16H18N6S. The fraction of sp³-hybridized carbons (Fsp3) is 0.375. The molecule has 0 saturated heterocycles. The van der Waals surface area contributed by atoms with E-state index in [0.717, 1.165) is 16.6 Å². The highest BCUT2D eigenvalue weighted by atomic mass is 32.1. The normalized spacial score (nSPS) is 15.6. The molecule has 7 heteroatoms. The van der Waals surface area contributed by atoms with Crippen molar-refractivity contribution in [2.24, 2.45) is 0 Å². The standard InChI is InChI=1S/C16H18N6S/c1-11(21(2)16-19-15(20-23-16)13-3-4-13)12-5-7-14(8-6-12)22-10-17-9-18-22/h5-11,13H,3-4H2,1-2H3. The van der Waals surface area contributed by atoms with Crippen molar-refractivity contribution in [1.29, 1.82) is 0 Å². The van der Waals surface area contributed by atoms with E-state index in [9.17, 15) is 0 Å². The zero-order valence-electron chi connectivity index (χ0n) is 13.1. The van der Waals surface area contributed by atoms with Gasteiger partial charge in [-0.05, 0) is 37.5 Å². The van der Waals surface area contributed by atoms with Crippen LogP contribution in [-0.4, -0.2) is 31.2 Å². The van der Waals surface area contributed by atoms with Crippen LogP contribution in [0.25, 0.3) is 5.69 Å². The zero-order valence-corrected chi connectivity index (χ0v) is 13.9. The van der Waals surface area contributed by atoms with Gasteiger partial charge in [-0.15, -0.1) is 0 Å². The van der Waals surface area contributed by atoms with Crippen LogP contribution in [0.2, 0.25) is 0 Å².